The van der Waals surface area contributed by atoms with Crippen molar-refractivity contribution in [3.8, 4) is 39.7 Å². The number of fused-ring (bicyclic) bond motifs is 6. The molecule has 9 rings (SSSR count). The number of aromatic nitrogens is 3. The third-order valence-corrected chi connectivity index (χ3v) is 9.05. The molecule has 0 saturated carbocycles. The highest BCUT2D eigenvalue weighted by Crippen LogP contribution is 2.39. The Bertz CT molecular complexity index is 2560. The second-order valence-corrected chi connectivity index (χ2v) is 11.6. The molecule has 46 heavy (non-hydrogen) atoms. The molecule has 4 heteroatoms. The standard InChI is InChI=1S/C42H26N4/c43-26-28-20-21-31(41(24-28)45-37-16-5-1-12-33(37)34-13-2-6-17-38(34)45)29-10-9-11-30(25-29)32-22-23-44-27-42(32)46-39-18-7-3-14-35(39)36-15-4-8-19-40(36)46/h1-25,27H. The van der Waals surface area contributed by atoms with E-state index in [0.717, 1.165) is 55.7 Å². The van der Waals surface area contributed by atoms with Gasteiger partial charge >= 0.3 is 0 Å². The maximum Gasteiger partial charge on any atom is 0.0992 e. The van der Waals surface area contributed by atoms with E-state index in [1.807, 2.05) is 24.5 Å². The van der Waals surface area contributed by atoms with Crippen LogP contribution in [0.2, 0.25) is 0 Å². The van der Waals surface area contributed by atoms with E-state index in [9.17, 15) is 5.26 Å². The highest BCUT2D eigenvalue weighted by Gasteiger charge is 2.18. The Kier molecular flexibility index (Phi) is 5.84. The smallest absolute Gasteiger partial charge is 0.0992 e. The number of hydrogen-bond donors (Lipinski definition) is 0. The minimum atomic E-state index is 0.625. The molecule has 0 amide bonds. The maximum absolute atomic E-state index is 9.94. The normalized spacial score (nSPS) is 11.5. The third kappa shape index (κ3) is 3.89. The molecule has 0 aliphatic heterocycles. The average Bonchev–Trinajstić information content (AvgIpc) is 3.64. The van der Waals surface area contributed by atoms with Gasteiger partial charge in [-0.2, -0.15) is 5.26 Å². The number of rotatable bonds is 4. The van der Waals surface area contributed by atoms with Gasteiger partial charge in [0.25, 0.3) is 0 Å². The largest absolute Gasteiger partial charge is 0.309 e. The van der Waals surface area contributed by atoms with Gasteiger partial charge < -0.3 is 9.13 Å². The molecule has 4 nitrogen and oxygen atoms in total. The van der Waals surface area contributed by atoms with Crippen molar-refractivity contribution in [2.75, 3.05) is 0 Å². The van der Waals surface area contributed by atoms with E-state index in [-0.39, 0.29) is 0 Å². The third-order valence-electron chi connectivity index (χ3n) is 9.05. The first-order chi connectivity index (χ1) is 22.8. The first kappa shape index (κ1) is 26.0. The summed E-state index contributed by atoms with van der Waals surface area (Å²) in [7, 11) is 0. The van der Waals surface area contributed by atoms with Crippen molar-refractivity contribution < 1.29 is 0 Å². The predicted octanol–water partition coefficient (Wildman–Crippen LogP) is 10.5. The van der Waals surface area contributed by atoms with Gasteiger partial charge in [0.05, 0.1) is 51.3 Å². The summed E-state index contributed by atoms with van der Waals surface area (Å²) < 4.78 is 4.62. The van der Waals surface area contributed by atoms with Gasteiger partial charge in [0.15, 0.2) is 0 Å². The van der Waals surface area contributed by atoms with Crippen molar-refractivity contribution in [3.05, 3.63) is 164 Å². The number of nitriles is 1. The number of benzene rings is 6. The zero-order chi connectivity index (χ0) is 30.6. The van der Waals surface area contributed by atoms with Crippen LogP contribution >= 0.6 is 0 Å². The molecular formula is C42H26N4. The highest BCUT2D eigenvalue weighted by atomic mass is 15.0. The fourth-order valence-corrected chi connectivity index (χ4v) is 7.06. The Labute approximate surface area is 265 Å². The van der Waals surface area contributed by atoms with Crippen LogP contribution in [0.1, 0.15) is 5.56 Å². The average molecular weight is 587 g/mol. The molecular weight excluding hydrogens is 560 g/mol. The molecule has 0 aliphatic carbocycles. The van der Waals surface area contributed by atoms with Crippen molar-refractivity contribution in [1.82, 2.24) is 14.1 Å². The van der Waals surface area contributed by atoms with Gasteiger partial charge in [0.1, 0.15) is 0 Å². The Morgan fingerprint density at radius 3 is 1.46 bits per heavy atom. The summed E-state index contributed by atoms with van der Waals surface area (Å²) in [5.74, 6) is 0. The molecule has 3 aromatic heterocycles. The molecule has 3 heterocycles. The zero-order valence-corrected chi connectivity index (χ0v) is 24.8. The van der Waals surface area contributed by atoms with Crippen molar-refractivity contribution >= 4 is 43.6 Å². The van der Waals surface area contributed by atoms with E-state index in [0.29, 0.717) is 5.56 Å². The molecule has 0 N–H and O–H groups in total. The summed E-state index contributed by atoms with van der Waals surface area (Å²) in [4.78, 5) is 4.59. The van der Waals surface area contributed by atoms with E-state index < -0.39 is 0 Å². The van der Waals surface area contributed by atoms with Crippen LogP contribution in [0.4, 0.5) is 0 Å². The Hall–Kier alpha value is -6.44. The van der Waals surface area contributed by atoms with Crippen LogP contribution in [-0.2, 0) is 0 Å². The second-order valence-electron chi connectivity index (χ2n) is 11.6. The summed E-state index contributed by atoms with van der Waals surface area (Å²) in [5.41, 5.74) is 11.5. The van der Waals surface area contributed by atoms with Crippen LogP contribution in [0.5, 0.6) is 0 Å². The van der Waals surface area contributed by atoms with Crippen LogP contribution in [-0.4, -0.2) is 14.1 Å². The summed E-state index contributed by atoms with van der Waals surface area (Å²) >= 11 is 0. The topological polar surface area (TPSA) is 46.5 Å². The quantitative estimate of drug-likeness (QED) is 0.206. The van der Waals surface area contributed by atoms with Crippen LogP contribution in [0, 0.1) is 11.3 Å². The monoisotopic (exact) mass is 586 g/mol. The number of para-hydroxylation sites is 4. The Morgan fingerprint density at radius 2 is 0.935 bits per heavy atom. The van der Waals surface area contributed by atoms with Gasteiger partial charge in [-0.1, -0.05) is 97.1 Å². The van der Waals surface area contributed by atoms with Crippen LogP contribution in [0.3, 0.4) is 0 Å². The lowest BCUT2D eigenvalue weighted by atomic mass is 9.96. The maximum atomic E-state index is 9.94. The molecule has 0 fully saturated rings. The molecule has 0 aliphatic rings. The molecule has 214 valence electrons. The second kappa shape index (κ2) is 10.3. The first-order valence-corrected chi connectivity index (χ1v) is 15.4. The van der Waals surface area contributed by atoms with Crippen molar-refractivity contribution in [3.63, 3.8) is 0 Å². The fraction of sp³-hybridized carbons (Fsp3) is 0. The van der Waals surface area contributed by atoms with Gasteiger partial charge in [0, 0.05) is 38.9 Å². The molecule has 9 aromatic rings. The van der Waals surface area contributed by atoms with Crippen LogP contribution < -0.4 is 0 Å². The Balaban J connectivity index is 1.27. The molecule has 6 aromatic carbocycles. The molecule has 0 saturated heterocycles. The summed E-state index contributed by atoms with van der Waals surface area (Å²) in [6, 6.07) is 53.2. The fourth-order valence-electron chi connectivity index (χ4n) is 7.06. The van der Waals surface area contributed by atoms with Gasteiger partial charge in [-0.15, -0.1) is 0 Å². The van der Waals surface area contributed by atoms with E-state index in [1.54, 1.807) is 0 Å². The van der Waals surface area contributed by atoms with Crippen LogP contribution in [0.25, 0.3) is 77.2 Å². The van der Waals surface area contributed by atoms with Crippen molar-refractivity contribution in [1.29, 1.82) is 5.26 Å². The van der Waals surface area contributed by atoms with Gasteiger partial charge in [0.2, 0.25) is 0 Å². The lowest BCUT2D eigenvalue weighted by molar-refractivity contribution is 1.14. The molecule has 0 spiro atoms. The van der Waals surface area contributed by atoms with Crippen molar-refractivity contribution in [2.45, 2.75) is 0 Å². The zero-order valence-electron chi connectivity index (χ0n) is 24.8. The summed E-state index contributed by atoms with van der Waals surface area (Å²) in [6.07, 6.45) is 3.83. The molecule has 0 atom stereocenters. The first-order valence-electron chi connectivity index (χ1n) is 15.4. The molecule has 0 radical (unpaired) electrons. The van der Waals surface area contributed by atoms with Crippen molar-refractivity contribution in [2.24, 2.45) is 0 Å². The van der Waals surface area contributed by atoms with E-state index >= 15 is 0 Å². The van der Waals surface area contributed by atoms with Gasteiger partial charge in [-0.05, 0) is 59.7 Å². The number of nitrogens with zero attached hydrogens (tertiary/aromatic N) is 4. The number of hydrogen-bond acceptors (Lipinski definition) is 2. The summed E-state index contributed by atoms with van der Waals surface area (Å²) in [6.45, 7) is 0. The minimum Gasteiger partial charge on any atom is -0.309 e. The minimum absolute atomic E-state index is 0.625. The highest BCUT2D eigenvalue weighted by molar-refractivity contribution is 6.11. The predicted molar refractivity (Wildman–Crippen MR) is 189 cm³/mol. The lowest BCUT2D eigenvalue weighted by Gasteiger charge is -2.17. The Morgan fingerprint density at radius 1 is 0.457 bits per heavy atom. The van der Waals surface area contributed by atoms with Gasteiger partial charge in [-0.3, -0.25) is 4.98 Å². The summed E-state index contributed by atoms with van der Waals surface area (Å²) in [5, 5.41) is 14.8. The molecule has 0 bridgehead atoms. The number of pyridine rings is 1. The SMILES string of the molecule is N#Cc1ccc(-c2cccc(-c3ccncc3-n3c4ccccc4c4ccccc43)c2)c(-n2c3ccccc3c3ccccc32)c1. The van der Waals surface area contributed by atoms with E-state index in [1.165, 1.54) is 21.5 Å². The van der Waals surface area contributed by atoms with Gasteiger partial charge in [-0.25, -0.2) is 0 Å². The van der Waals surface area contributed by atoms with E-state index in [2.05, 4.69) is 154 Å². The van der Waals surface area contributed by atoms with E-state index in [4.69, 9.17) is 0 Å². The van der Waals surface area contributed by atoms with Crippen LogP contribution in [0.15, 0.2) is 158 Å². The molecule has 0 unspecified atom stereocenters. The lowest BCUT2D eigenvalue weighted by Crippen LogP contribution is -1.99.